The molecule has 154 valence electrons. The predicted molar refractivity (Wildman–Crippen MR) is 102 cm³/mol. The average Bonchev–Trinajstić information content (AvgIpc) is 3.08. The zero-order chi connectivity index (χ0) is 21.0. The van der Waals surface area contributed by atoms with Crippen LogP contribution in [-0.2, 0) is 0 Å². The Kier molecular flexibility index (Phi) is 6.17. The van der Waals surface area contributed by atoms with Crippen LogP contribution >= 0.6 is 0 Å². The molecule has 1 fully saturated rings. The predicted octanol–water partition coefficient (Wildman–Crippen LogP) is 2.87. The fourth-order valence-electron chi connectivity index (χ4n) is 3.08. The summed E-state index contributed by atoms with van der Waals surface area (Å²) in [6, 6.07) is 4.34. The van der Waals surface area contributed by atoms with Gasteiger partial charge in [-0.05, 0) is 32.5 Å². The number of carbonyl (C=O) groups is 1. The van der Waals surface area contributed by atoms with Crippen molar-refractivity contribution in [2.45, 2.75) is 18.9 Å². The van der Waals surface area contributed by atoms with Gasteiger partial charge in [-0.15, -0.1) is 0 Å². The third-order valence-corrected chi connectivity index (χ3v) is 4.72. The molecule has 1 aliphatic rings. The van der Waals surface area contributed by atoms with E-state index >= 15 is 0 Å². The standard InChI is InChI=1S/C18H21FN6O4/c1-23-7-3-4-13(23)10-24(2)18(26)22-16-9-17(21-11-20-16)29-15-6-5-12(25(27)28)8-14(15)19/h5-6,8-9,11,13H,3-4,7,10H2,1-2H3,(H,20,21,22,26). The second kappa shape index (κ2) is 8.78. The molecule has 0 aliphatic carbocycles. The summed E-state index contributed by atoms with van der Waals surface area (Å²) in [5.41, 5.74) is -0.388. The van der Waals surface area contributed by atoms with Crippen molar-refractivity contribution in [3.63, 3.8) is 0 Å². The highest BCUT2D eigenvalue weighted by molar-refractivity contribution is 5.88. The Morgan fingerprint density at radius 2 is 2.24 bits per heavy atom. The lowest BCUT2D eigenvalue weighted by Crippen LogP contribution is -2.41. The molecule has 2 heterocycles. The Morgan fingerprint density at radius 3 is 2.90 bits per heavy atom. The van der Waals surface area contributed by atoms with Crippen molar-refractivity contribution in [1.82, 2.24) is 19.8 Å². The second-order valence-electron chi connectivity index (χ2n) is 6.80. The van der Waals surface area contributed by atoms with E-state index in [-0.39, 0.29) is 29.2 Å². The number of urea groups is 1. The van der Waals surface area contributed by atoms with Crippen LogP contribution in [0.25, 0.3) is 0 Å². The highest BCUT2D eigenvalue weighted by atomic mass is 19.1. The lowest BCUT2D eigenvalue weighted by Gasteiger charge is -2.25. The molecule has 0 bridgehead atoms. The lowest BCUT2D eigenvalue weighted by molar-refractivity contribution is -0.385. The van der Waals surface area contributed by atoms with Gasteiger partial charge in [0.15, 0.2) is 11.6 Å². The number of benzene rings is 1. The van der Waals surface area contributed by atoms with E-state index in [0.29, 0.717) is 12.6 Å². The number of anilines is 1. The molecule has 2 amide bonds. The molecule has 1 aromatic heterocycles. The van der Waals surface area contributed by atoms with Crippen LogP contribution in [0.3, 0.4) is 0 Å². The molecule has 1 unspecified atom stereocenters. The van der Waals surface area contributed by atoms with Crippen molar-refractivity contribution in [1.29, 1.82) is 0 Å². The quantitative estimate of drug-likeness (QED) is 0.582. The fraction of sp³-hybridized carbons (Fsp3) is 0.389. The Balaban J connectivity index is 1.63. The number of non-ortho nitro benzene ring substituents is 1. The number of hydrogen-bond acceptors (Lipinski definition) is 7. The normalized spacial score (nSPS) is 16.4. The van der Waals surface area contributed by atoms with Gasteiger partial charge in [0.25, 0.3) is 5.69 Å². The smallest absolute Gasteiger partial charge is 0.322 e. The molecule has 3 rings (SSSR count). The van der Waals surface area contributed by atoms with Crippen molar-refractivity contribution in [3.8, 4) is 11.6 Å². The third-order valence-electron chi connectivity index (χ3n) is 4.72. The fourth-order valence-corrected chi connectivity index (χ4v) is 3.08. The highest BCUT2D eigenvalue weighted by Crippen LogP contribution is 2.27. The van der Waals surface area contributed by atoms with E-state index in [1.807, 2.05) is 7.05 Å². The number of nitro benzene ring substituents is 1. The van der Waals surface area contributed by atoms with Crippen molar-refractivity contribution in [3.05, 3.63) is 46.5 Å². The summed E-state index contributed by atoms with van der Waals surface area (Å²) in [6.07, 6.45) is 3.32. The molecule has 0 radical (unpaired) electrons. The molecule has 11 heteroatoms. The van der Waals surface area contributed by atoms with Gasteiger partial charge >= 0.3 is 6.03 Å². The van der Waals surface area contributed by atoms with Crippen LogP contribution in [0, 0.1) is 15.9 Å². The van der Waals surface area contributed by atoms with Gasteiger partial charge in [0.2, 0.25) is 5.88 Å². The van der Waals surface area contributed by atoms with Crippen LogP contribution in [0.5, 0.6) is 11.6 Å². The van der Waals surface area contributed by atoms with Gasteiger partial charge in [-0.1, -0.05) is 0 Å². The number of ether oxygens (including phenoxy) is 1. The number of nitrogens with zero attached hydrogens (tertiary/aromatic N) is 5. The Bertz CT molecular complexity index is 912. The molecule has 1 atom stereocenters. The molecule has 0 saturated carbocycles. The number of rotatable bonds is 6. The largest absolute Gasteiger partial charge is 0.436 e. The van der Waals surface area contributed by atoms with Crippen molar-refractivity contribution in [2.24, 2.45) is 0 Å². The van der Waals surface area contributed by atoms with Gasteiger partial charge in [0.05, 0.1) is 11.0 Å². The minimum atomic E-state index is -0.899. The SMILES string of the molecule is CN(CC1CCCN1C)C(=O)Nc1cc(Oc2ccc([N+](=O)[O-])cc2F)ncn1. The molecule has 1 aliphatic heterocycles. The summed E-state index contributed by atoms with van der Waals surface area (Å²) in [5, 5.41) is 13.3. The molecule has 10 nitrogen and oxygen atoms in total. The number of likely N-dealkylation sites (N-methyl/N-ethyl adjacent to an activating group) is 2. The first-order valence-electron chi connectivity index (χ1n) is 8.99. The van der Waals surface area contributed by atoms with Gasteiger partial charge in [-0.2, -0.15) is 0 Å². The summed E-state index contributed by atoms with van der Waals surface area (Å²) >= 11 is 0. The van der Waals surface area contributed by atoms with Crippen molar-refractivity contribution >= 4 is 17.5 Å². The maximum Gasteiger partial charge on any atom is 0.322 e. The summed E-state index contributed by atoms with van der Waals surface area (Å²) in [7, 11) is 3.74. The van der Waals surface area contributed by atoms with Crippen LogP contribution in [0.15, 0.2) is 30.6 Å². The number of nitrogens with one attached hydrogen (secondary N) is 1. The molecular formula is C18H21FN6O4. The number of carbonyl (C=O) groups excluding carboxylic acids is 1. The number of amides is 2. The first-order valence-corrected chi connectivity index (χ1v) is 8.99. The van der Waals surface area contributed by atoms with Crippen LogP contribution < -0.4 is 10.1 Å². The van der Waals surface area contributed by atoms with Crippen LogP contribution in [0.1, 0.15) is 12.8 Å². The Hall–Kier alpha value is -3.34. The topological polar surface area (TPSA) is 114 Å². The van der Waals surface area contributed by atoms with E-state index < -0.39 is 10.7 Å². The summed E-state index contributed by atoms with van der Waals surface area (Å²) in [5.74, 6) is -0.952. The maximum atomic E-state index is 14.0. The van der Waals surface area contributed by atoms with Gasteiger partial charge in [-0.25, -0.2) is 19.2 Å². The van der Waals surface area contributed by atoms with Crippen LogP contribution in [0.4, 0.5) is 20.7 Å². The molecule has 1 saturated heterocycles. The van der Waals surface area contributed by atoms with Crippen LogP contribution in [0.2, 0.25) is 0 Å². The van der Waals surface area contributed by atoms with E-state index in [0.717, 1.165) is 37.6 Å². The monoisotopic (exact) mass is 404 g/mol. The van der Waals surface area contributed by atoms with Gasteiger partial charge in [0, 0.05) is 31.8 Å². The number of hydrogen-bond donors (Lipinski definition) is 1. The van der Waals surface area contributed by atoms with Gasteiger partial charge < -0.3 is 14.5 Å². The average molecular weight is 404 g/mol. The van der Waals surface area contributed by atoms with E-state index in [1.165, 1.54) is 12.4 Å². The number of likely N-dealkylation sites (tertiary alicyclic amines) is 1. The summed E-state index contributed by atoms with van der Waals surface area (Å²) < 4.78 is 19.3. The first-order chi connectivity index (χ1) is 13.8. The lowest BCUT2D eigenvalue weighted by atomic mass is 10.2. The second-order valence-corrected chi connectivity index (χ2v) is 6.80. The summed E-state index contributed by atoms with van der Waals surface area (Å²) in [6.45, 7) is 1.61. The molecule has 29 heavy (non-hydrogen) atoms. The molecule has 1 N–H and O–H groups in total. The minimum absolute atomic E-state index is 0.0127. The molecular weight excluding hydrogens is 383 g/mol. The highest BCUT2D eigenvalue weighted by Gasteiger charge is 2.24. The van der Waals surface area contributed by atoms with E-state index in [4.69, 9.17) is 4.74 Å². The Morgan fingerprint density at radius 1 is 1.45 bits per heavy atom. The van der Waals surface area contributed by atoms with Gasteiger partial charge in [0.1, 0.15) is 12.1 Å². The number of nitro groups is 1. The van der Waals surface area contributed by atoms with Gasteiger partial charge in [-0.3, -0.25) is 15.4 Å². The molecule has 0 spiro atoms. The van der Waals surface area contributed by atoms with Crippen molar-refractivity contribution < 1.29 is 18.8 Å². The van der Waals surface area contributed by atoms with E-state index in [9.17, 15) is 19.3 Å². The number of halogens is 1. The minimum Gasteiger partial charge on any atom is -0.436 e. The molecule has 1 aromatic carbocycles. The van der Waals surface area contributed by atoms with E-state index in [2.05, 4.69) is 20.2 Å². The van der Waals surface area contributed by atoms with Crippen molar-refractivity contribution in [2.75, 3.05) is 32.5 Å². The number of aromatic nitrogens is 2. The molecule has 2 aromatic rings. The first kappa shape index (κ1) is 20.4. The zero-order valence-corrected chi connectivity index (χ0v) is 16.0. The summed E-state index contributed by atoms with van der Waals surface area (Å²) in [4.78, 5) is 34.0. The maximum absolute atomic E-state index is 14.0. The van der Waals surface area contributed by atoms with E-state index in [1.54, 1.807) is 11.9 Å². The Labute approximate surface area is 166 Å². The van der Waals surface area contributed by atoms with Crippen LogP contribution in [-0.4, -0.2) is 63.9 Å². The third kappa shape index (κ3) is 5.13. The zero-order valence-electron chi connectivity index (χ0n) is 16.0.